The summed E-state index contributed by atoms with van der Waals surface area (Å²) in [4.78, 5) is 11.3. The summed E-state index contributed by atoms with van der Waals surface area (Å²) in [5, 5.41) is 2.51. The number of rotatable bonds is 4. The van der Waals surface area contributed by atoms with Crippen molar-refractivity contribution in [3.63, 3.8) is 0 Å². The van der Waals surface area contributed by atoms with Gasteiger partial charge in [-0.25, -0.2) is 0 Å². The maximum absolute atomic E-state index is 11.3. The Morgan fingerprint density at radius 1 is 1.79 bits per heavy atom. The normalized spacial score (nSPS) is 28.8. The molecule has 1 aliphatic rings. The molecule has 82 valence electrons. The predicted octanol–water partition coefficient (Wildman–Crippen LogP) is 0.226. The number of carbonyl (C=O) groups is 1. The zero-order chi connectivity index (χ0) is 10.6. The zero-order valence-corrected chi connectivity index (χ0v) is 9.47. The highest BCUT2D eigenvalue weighted by Gasteiger charge is 2.35. The van der Waals surface area contributed by atoms with Gasteiger partial charge in [-0.1, -0.05) is 0 Å². The third-order valence-electron chi connectivity index (χ3n) is 2.46. The van der Waals surface area contributed by atoms with Crippen LogP contribution in [-0.2, 0) is 14.3 Å². The fraction of sp³-hybridized carbons (Fsp3) is 0.889. The lowest BCUT2D eigenvalue weighted by Crippen LogP contribution is -2.46. The number of thiol groups is 1. The zero-order valence-electron chi connectivity index (χ0n) is 8.58. The van der Waals surface area contributed by atoms with Crippen LogP contribution in [0.4, 0.5) is 0 Å². The quantitative estimate of drug-likeness (QED) is 0.665. The lowest BCUT2D eigenvalue weighted by atomic mass is 10.0. The van der Waals surface area contributed by atoms with Crippen LogP contribution in [0.1, 0.15) is 13.3 Å². The highest BCUT2D eigenvalue weighted by Crippen LogP contribution is 2.21. The summed E-state index contributed by atoms with van der Waals surface area (Å²) in [5.74, 6) is -0.0725. The summed E-state index contributed by atoms with van der Waals surface area (Å²) in [6.07, 6.45) is 0.824. The lowest BCUT2D eigenvalue weighted by molar-refractivity contribution is -0.121. The van der Waals surface area contributed by atoms with Crippen molar-refractivity contribution in [1.29, 1.82) is 0 Å². The molecule has 2 unspecified atom stereocenters. The van der Waals surface area contributed by atoms with Crippen LogP contribution < -0.4 is 5.32 Å². The van der Waals surface area contributed by atoms with Crippen molar-refractivity contribution in [3.05, 3.63) is 0 Å². The molecule has 1 rings (SSSR count). The first kappa shape index (κ1) is 11.8. The van der Waals surface area contributed by atoms with Crippen LogP contribution in [0.25, 0.3) is 0 Å². The van der Waals surface area contributed by atoms with E-state index in [1.165, 1.54) is 0 Å². The second-order valence-electron chi connectivity index (χ2n) is 3.58. The van der Waals surface area contributed by atoms with Crippen molar-refractivity contribution >= 4 is 18.5 Å². The minimum Gasteiger partial charge on any atom is -0.378 e. The molecule has 1 saturated heterocycles. The minimum absolute atomic E-state index is 0.0725. The molecule has 0 aromatic carbocycles. The van der Waals surface area contributed by atoms with Gasteiger partial charge < -0.3 is 14.8 Å². The first-order valence-corrected chi connectivity index (χ1v) is 5.20. The van der Waals surface area contributed by atoms with Crippen molar-refractivity contribution in [2.75, 3.05) is 26.9 Å². The Hall–Kier alpha value is -0.260. The molecule has 0 radical (unpaired) electrons. The van der Waals surface area contributed by atoms with Crippen LogP contribution in [0.2, 0.25) is 0 Å². The van der Waals surface area contributed by atoms with Crippen LogP contribution >= 0.6 is 12.6 Å². The fourth-order valence-electron chi connectivity index (χ4n) is 1.36. The summed E-state index contributed by atoms with van der Waals surface area (Å²) in [7, 11) is 1.64. The lowest BCUT2D eigenvalue weighted by Gasteiger charge is -2.26. The van der Waals surface area contributed by atoms with Gasteiger partial charge in [0.25, 0.3) is 0 Å². The van der Waals surface area contributed by atoms with Crippen molar-refractivity contribution in [3.8, 4) is 0 Å². The number of methoxy groups -OCH3 is 1. The summed E-state index contributed by atoms with van der Waals surface area (Å²) >= 11 is 4.04. The number of hydrogen-bond acceptors (Lipinski definition) is 4. The molecular formula is C9H17NO3S. The van der Waals surface area contributed by atoms with Gasteiger partial charge in [0.2, 0.25) is 5.91 Å². The van der Waals surface area contributed by atoms with Crippen molar-refractivity contribution < 1.29 is 14.3 Å². The van der Waals surface area contributed by atoms with E-state index in [2.05, 4.69) is 17.9 Å². The highest BCUT2D eigenvalue weighted by molar-refractivity contribution is 7.81. The van der Waals surface area contributed by atoms with Crippen LogP contribution in [0.3, 0.4) is 0 Å². The van der Waals surface area contributed by atoms with Crippen molar-refractivity contribution in [1.82, 2.24) is 5.32 Å². The van der Waals surface area contributed by atoms with Crippen LogP contribution in [0, 0.1) is 0 Å². The molecule has 0 aromatic heterocycles. The fourth-order valence-corrected chi connectivity index (χ4v) is 1.45. The summed E-state index contributed by atoms with van der Waals surface area (Å²) < 4.78 is 10.6. The molecule has 14 heavy (non-hydrogen) atoms. The Morgan fingerprint density at radius 2 is 2.50 bits per heavy atom. The van der Waals surface area contributed by atoms with E-state index in [0.717, 1.165) is 6.42 Å². The van der Waals surface area contributed by atoms with E-state index >= 15 is 0 Å². The molecule has 1 aliphatic heterocycles. The Bertz CT molecular complexity index is 202. The third kappa shape index (κ3) is 2.87. The van der Waals surface area contributed by atoms with E-state index in [1.807, 2.05) is 0 Å². The molecule has 1 amide bonds. The molecule has 1 N–H and O–H groups in total. The van der Waals surface area contributed by atoms with Crippen LogP contribution in [-0.4, -0.2) is 43.6 Å². The Morgan fingerprint density at radius 3 is 2.93 bits per heavy atom. The monoisotopic (exact) mass is 219 g/mol. The smallest absolute Gasteiger partial charge is 0.232 e. The minimum atomic E-state index is -0.335. The molecule has 0 saturated carbocycles. The van der Waals surface area contributed by atoms with Gasteiger partial charge in [0, 0.05) is 26.7 Å². The number of ether oxygens (including phenoxy) is 2. The van der Waals surface area contributed by atoms with Gasteiger partial charge in [-0.15, -0.1) is 0 Å². The summed E-state index contributed by atoms with van der Waals surface area (Å²) in [6.45, 7) is 3.47. The second-order valence-corrected chi connectivity index (χ2v) is 4.36. The number of nitrogens with one attached hydrogen (secondary N) is 1. The molecule has 0 spiro atoms. The topological polar surface area (TPSA) is 47.6 Å². The Labute approximate surface area is 89.7 Å². The summed E-state index contributed by atoms with van der Waals surface area (Å²) in [6, 6.07) is 0. The Balaban J connectivity index is 2.38. The van der Waals surface area contributed by atoms with Crippen molar-refractivity contribution in [2.24, 2.45) is 0 Å². The van der Waals surface area contributed by atoms with E-state index in [1.54, 1.807) is 14.0 Å². The van der Waals surface area contributed by atoms with Gasteiger partial charge in [-0.3, -0.25) is 4.79 Å². The van der Waals surface area contributed by atoms with Gasteiger partial charge in [-0.2, -0.15) is 12.6 Å². The van der Waals surface area contributed by atoms with Crippen molar-refractivity contribution in [2.45, 2.75) is 24.2 Å². The number of amides is 1. The van der Waals surface area contributed by atoms with Crippen LogP contribution in [0.5, 0.6) is 0 Å². The number of hydrogen-bond donors (Lipinski definition) is 2. The SMILES string of the molecule is COC1(CNC(=O)C(C)S)CCOC1. The molecule has 5 heteroatoms. The van der Waals surface area contributed by atoms with E-state index < -0.39 is 0 Å². The highest BCUT2D eigenvalue weighted by atomic mass is 32.1. The van der Waals surface area contributed by atoms with E-state index in [4.69, 9.17) is 9.47 Å². The maximum Gasteiger partial charge on any atom is 0.232 e. The molecule has 0 aromatic rings. The van der Waals surface area contributed by atoms with Gasteiger partial charge in [-0.05, 0) is 6.92 Å². The average molecular weight is 219 g/mol. The van der Waals surface area contributed by atoms with Gasteiger partial charge in [0.1, 0.15) is 5.60 Å². The van der Waals surface area contributed by atoms with Gasteiger partial charge >= 0.3 is 0 Å². The molecule has 1 fully saturated rings. The Kier molecular flexibility index (Phi) is 4.22. The standard InChI is InChI=1S/C9H17NO3S/c1-7(14)8(11)10-5-9(12-2)3-4-13-6-9/h7,14H,3-6H2,1-2H3,(H,10,11). The van der Waals surface area contributed by atoms with Crippen LogP contribution in [0.15, 0.2) is 0 Å². The first-order chi connectivity index (χ1) is 6.59. The van der Waals surface area contributed by atoms with E-state index in [9.17, 15) is 4.79 Å². The van der Waals surface area contributed by atoms with E-state index in [0.29, 0.717) is 19.8 Å². The molecular weight excluding hydrogens is 202 g/mol. The maximum atomic E-state index is 11.3. The largest absolute Gasteiger partial charge is 0.378 e. The third-order valence-corrected chi connectivity index (χ3v) is 2.70. The number of carbonyl (C=O) groups excluding carboxylic acids is 1. The van der Waals surface area contributed by atoms with Gasteiger partial charge in [0.15, 0.2) is 0 Å². The predicted molar refractivity (Wildman–Crippen MR) is 56.6 cm³/mol. The molecule has 0 aliphatic carbocycles. The second kappa shape index (κ2) is 5.00. The van der Waals surface area contributed by atoms with E-state index in [-0.39, 0.29) is 16.8 Å². The molecule has 4 nitrogen and oxygen atoms in total. The molecule has 0 bridgehead atoms. The van der Waals surface area contributed by atoms with Gasteiger partial charge in [0.05, 0.1) is 11.9 Å². The molecule has 1 heterocycles. The molecule has 2 atom stereocenters. The summed E-state index contributed by atoms with van der Waals surface area (Å²) in [5.41, 5.74) is -0.335. The average Bonchev–Trinajstić information content (AvgIpc) is 2.63. The first-order valence-electron chi connectivity index (χ1n) is 4.68.